The lowest BCUT2D eigenvalue weighted by Gasteiger charge is -2.35. The molecule has 1 heterocycles. The fraction of sp³-hybridized carbons (Fsp3) is 0.947. The number of nitrogens with one attached hydrogen (secondary N) is 2. The number of halogens is 1. The molecule has 0 bridgehead atoms. The topological polar surface area (TPSA) is 73.8 Å². The molecule has 6 nitrogen and oxygen atoms in total. The van der Waals surface area contributed by atoms with Crippen LogP contribution in [0.5, 0.6) is 0 Å². The number of piperidine rings is 1. The van der Waals surface area contributed by atoms with Crippen molar-refractivity contribution in [1.29, 1.82) is 0 Å². The minimum absolute atomic E-state index is 0. The Kier molecular flexibility index (Phi) is 13.1. The predicted octanol–water partition coefficient (Wildman–Crippen LogP) is 2.88. The lowest BCUT2D eigenvalue weighted by atomic mass is 9.90. The second-order valence-electron chi connectivity index (χ2n) is 8.26. The van der Waals surface area contributed by atoms with Crippen LogP contribution in [0, 0.1) is 5.41 Å². The van der Waals surface area contributed by atoms with Crippen molar-refractivity contribution >= 4 is 39.8 Å². The van der Waals surface area contributed by atoms with Crippen LogP contribution in [0.25, 0.3) is 0 Å². The standard InChI is InChI=1S/C19H40N4O2S.HI/c1-6-17-10-8-9-13-23(17)14-12-21-18(20-7-2)22-16-19(3,4)11-15-26(5,24)25;/h17H,6-16H2,1-5H3,(H2,20,21,22);1H. The van der Waals surface area contributed by atoms with Gasteiger partial charge in [0.05, 0.1) is 5.75 Å². The second-order valence-corrected chi connectivity index (χ2v) is 10.5. The highest BCUT2D eigenvalue weighted by atomic mass is 127. The normalized spacial score (nSPS) is 19.4. The van der Waals surface area contributed by atoms with Crippen molar-refractivity contribution in [2.45, 2.75) is 65.8 Å². The van der Waals surface area contributed by atoms with Crippen LogP contribution in [0.3, 0.4) is 0 Å². The SMILES string of the molecule is CCNC(=NCC(C)(C)CCS(C)(=O)=O)NCCN1CCCCC1CC.I. The van der Waals surface area contributed by atoms with Crippen molar-refractivity contribution < 1.29 is 8.42 Å². The fourth-order valence-electron chi connectivity index (χ4n) is 3.31. The zero-order chi connectivity index (χ0) is 19.6. The Balaban J connectivity index is 0.00000676. The molecule has 0 amide bonds. The molecule has 0 radical (unpaired) electrons. The highest BCUT2D eigenvalue weighted by molar-refractivity contribution is 14.0. The Bertz CT molecular complexity index is 538. The molecule has 2 N–H and O–H groups in total. The lowest BCUT2D eigenvalue weighted by Crippen LogP contribution is -2.46. The first kappa shape index (κ1) is 26.9. The molecule has 1 saturated heterocycles. The van der Waals surface area contributed by atoms with E-state index in [1.807, 2.05) is 0 Å². The average Bonchev–Trinajstić information content (AvgIpc) is 2.58. The van der Waals surface area contributed by atoms with E-state index in [0.29, 0.717) is 13.0 Å². The molecule has 0 spiro atoms. The van der Waals surface area contributed by atoms with Crippen LogP contribution >= 0.6 is 24.0 Å². The van der Waals surface area contributed by atoms with E-state index in [1.165, 1.54) is 38.5 Å². The minimum Gasteiger partial charge on any atom is -0.357 e. The number of nitrogens with zero attached hydrogens (tertiary/aromatic N) is 2. The van der Waals surface area contributed by atoms with Crippen LogP contribution in [0.1, 0.15) is 59.8 Å². The summed E-state index contributed by atoms with van der Waals surface area (Å²) in [5.41, 5.74) is -0.133. The zero-order valence-electron chi connectivity index (χ0n) is 17.9. The third-order valence-electron chi connectivity index (χ3n) is 5.07. The smallest absolute Gasteiger partial charge is 0.191 e. The van der Waals surface area contributed by atoms with Gasteiger partial charge in [-0.2, -0.15) is 0 Å². The van der Waals surface area contributed by atoms with Crippen molar-refractivity contribution in [1.82, 2.24) is 15.5 Å². The Morgan fingerprint density at radius 2 is 1.93 bits per heavy atom. The van der Waals surface area contributed by atoms with Gasteiger partial charge >= 0.3 is 0 Å². The first-order valence-electron chi connectivity index (χ1n) is 10.1. The summed E-state index contributed by atoms with van der Waals surface area (Å²) in [5, 5.41) is 6.73. The Labute approximate surface area is 184 Å². The molecule has 162 valence electrons. The molecule has 1 atom stereocenters. The van der Waals surface area contributed by atoms with Crippen LogP contribution in [-0.4, -0.2) is 70.1 Å². The minimum atomic E-state index is -2.93. The van der Waals surface area contributed by atoms with Crippen LogP contribution in [0.2, 0.25) is 0 Å². The number of hydrogen-bond acceptors (Lipinski definition) is 4. The van der Waals surface area contributed by atoms with Crippen molar-refractivity contribution in [2.24, 2.45) is 10.4 Å². The maximum absolute atomic E-state index is 11.4. The van der Waals surface area contributed by atoms with Gasteiger partial charge in [-0.15, -0.1) is 24.0 Å². The van der Waals surface area contributed by atoms with Gasteiger partial charge in [-0.25, -0.2) is 8.42 Å². The Hall–Kier alpha value is -0.0900. The van der Waals surface area contributed by atoms with Gasteiger partial charge in [0.2, 0.25) is 0 Å². The average molecular weight is 517 g/mol. The lowest BCUT2D eigenvalue weighted by molar-refractivity contribution is 0.147. The molecular formula is C19H41IN4O2S. The van der Waals surface area contributed by atoms with E-state index >= 15 is 0 Å². The van der Waals surface area contributed by atoms with Gasteiger partial charge in [-0.1, -0.05) is 27.2 Å². The molecule has 27 heavy (non-hydrogen) atoms. The van der Waals surface area contributed by atoms with Gasteiger partial charge < -0.3 is 10.6 Å². The number of likely N-dealkylation sites (tertiary alicyclic amines) is 1. The van der Waals surface area contributed by atoms with Crippen LogP contribution in [0.15, 0.2) is 4.99 Å². The summed E-state index contributed by atoms with van der Waals surface area (Å²) >= 11 is 0. The molecule has 1 aliphatic heterocycles. The molecule has 8 heteroatoms. The highest BCUT2D eigenvalue weighted by Crippen LogP contribution is 2.21. The zero-order valence-corrected chi connectivity index (χ0v) is 21.0. The fourth-order valence-corrected chi connectivity index (χ4v) is 4.23. The number of rotatable bonds is 10. The number of guanidine groups is 1. The molecule has 0 aromatic rings. The van der Waals surface area contributed by atoms with E-state index < -0.39 is 9.84 Å². The van der Waals surface area contributed by atoms with Crippen LogP contribution < -0.4 is 10.6 Å². The van der Waals surface area contributed by atoms with Gasteiger partial charge in [-0.3, -0.25) is 9.89 Å². The third-order valence-corrected chi connectivity index (χ3v) is 6.02. The van der Waals surface area contributed by atoms with Gasteiger partial charge in [0.15, 0.2) is 5.96 Å². The number of hydrogen-bond donors (Lipinski definition) is 2. The largest absolute Gasteiger partial charge is 0.357 e. The van der Waals surface area contributed by atoms with Crippen molar-refractivity contribution in [3.8, 4) is 0 Å². The molecule has 1 rings (SSSR count). The van der Waals surface area contributed by atoms with Crippen molar-refractivity contribution in [2.75, 3.05) is 44.7 Å². The van der Waals surface area contributed by atoms with E-state index in [-0.39, 0.29) is 35.1 Å². The summed E-state index contributed by atoms with van der Waals surface area (Å²) in [7, 11) is -2.93. The monoisotopic (exact) mass is 516 g/mol. The van der Waals surface area contributed by atoms with Gasteiger partial charge in [0, 0.05) is 38.5 Å². The quantitative estimate of drug-likeness (QED) is 0.266. The van der Waals surface area contributed by atoms with E-state index in [4.69, 9.17) is 0 Å². The second kappa shape index (κ2) is 13.2. The number of sulfone groups is 1. The van der Waals surface area contributed by atoms with Gasteiger partial charge in [0.1, 0.15) is 9.84 Å². The Morgan fingerprint density at radius 1 is 1.22 bits per heavy atom. The van der Waals surface area contributed by atoms with E-state index in [0.717, 1.165) is 31.6 Å². The number of aliphatic imine (C=N–C) groups is 1. The van der Waals surface area contributed by atoms with E-state index in [2.05, 4.69) is 48.2 Å². The summed E-state index contributed by atoms with van der Waals surface area (Å²) in [6.07, 6.45) is 7.12. The molecule has 1 aliphatic rings. The molecule has 0 aromatic carbocycles. The Morgan fingerprint density at radius 3 is 2.52 bits per heavy atom. The summed E-state index contributed by atoms with van der Waals surface area (Å²) in [6, 6.07) is 0.722. The third kappa shape index (κ3) is 12.2. The molecule has 1 unspecified atom stereocenters. The summed E-state index contributed by atoms with van der Waals surface area (Å²) < 4.78 is 22.8. The van der Waals surface area contributed by atoms with E-state index in [9.17, 15) is 8.42 Å². The van der Waals surface area contributed by atoms with Crippen molar-refractivity contribution in [3.05, 3.63) is 0 Å². The van der Waals surface area contributed by atoms with E-state index in [1.54, 1.807) is 0 Å². The van der Waals surface area contributed by atoms with Crippen molar-refractivity contribution in [3.63, 3.8) is 0 Å². The van der Waals surface area contributed by atoms with Gasteiger partial charge in [0.25, 0.3) is 0 Å². The molecule has 0 aromatic heterocycles. The molecule has 0 saturated carbocycles. The highest BCUT2D eigenvalue weighted by Gasteiger charge is 2.21. The van der Waals surface area contributed by atoms with Crippen LogP contribution in [0.4, 0.5) is 0 Å². The molecule has 1 fully saturated rings. The first-order chi connectivity index (χ1) is 12.2. The maximum Gasteiger partial charge on any atom is 0.191 e. The predicted molar refractivity (Wildman–Crippen MR) is 127 cm³/mol. The summed E-state index contributed by atoms with van der Waals surface area (Å²) in [5.74, 6) is 1.04. The van der Waals surface area contributed by atoms with Crippen LogP contribution in [-0.2, 0) is 9.84 Å². The summed E-state index contributed by atoms with van der Waals surface area (Å²) in [4.78, 5) is 7.28. The molecule has 0 aliphatic carbocycles. The summed E-state index contributed by atoms with van der Waals surface area (Å²) in [6.45, 7) is 13.0. The molecular weight excluding hydrogens is 475 g/mol. The van der Waals surface area contributed by atoms with Gasteiger partial charge in [-0.05, 0) is 44.6 Å². The first-order valence-corrected chi connectivity index (χ1v) is 12.2. The maximum atomic E-state index is 11.4.